The Labute approximate surface area is 89.9 Å². The molecule has 0 spiro atoms. The smallest absolute Gasteiger partial charge is 0.312 e. The number of fused-ring (bicyclic) bond motifs is 1. The Morgan fingerprint density at radius 1 is 1.47 bits per heavy atom. The van der Waals surface area contributed by atoms with Gasteiger partial charge in [-0.15, -0.1) is 0 Å². The van der Waals surface area contributed by atoms with E-state index >= 15 is 0 Å². The Morgan fingerprint density at radius 2 is 2.13 bits per heavy atom. The second-order valence-electron chi connectivity index (χ2n) is 5.30. The van der Waals surface area contributed by atoms with Gasteiger partial charge in [-0.05, 0) is 39.7 Å². The third-order valence-corrected chi connectivity index (χ3v) is 4.31. The highest BCUT2D eigenvalue weighted by molar-refractivity contribution is 5.75. The highest BCUT2D eigenvalue weighted by Crippen LogP contribution is 2.46. The number of carboxylic acids is 1. The summed E-state index contributed by atoms with van der Waals surface area (Å²) in [6, 6.07) is 0.0450. The maximum atomic E-state index is 11.2. The monoisotopic (exact) mass is 213 g/mol. The molecule has 2 N–H and O–H groups in total. The lowest BCUT2D eigenvalue weighted by Crippen LogP contribution is -2.55. The maximum absolute atomic E-state index is 11.2. The van der Waals surface area contributed by atoms with Crippen LogP contribution in [0.3, 0.4) is 0 Å². The van der Waals surface area contributed by atoms with Gasteiger partial charge in [-0.2, -0.15) is 0 Å². The molecule has 4 heteroatoms. The molecule has 2 saturated heterocycles. The number of rotatable bonds is 2. The standard InChI is InChI=1S/C11H19NO3/c1-10(2,9(13)14)11(15)5-7-12-6-3-4-8(11)12/h8,15H,3-7H2,1-2H3,(H,13,14). The third-order valence-electron chi connectivity index (χ3n) is 4.31. The van der Waals surface area contributed by atoms with Crippen molar-refractivity contribution in [2.45, 2.75) is 44.8 Å². The summed E-state index contributed by atoms with van der Waals surface area (Å²) in [5.74, 6) is -0.904. The number of aliphatic carboxylic acids is 1. The van der Waals surface area contributed by atoms with Crippen LogP contribution in [0, 0.1) is 5.41 Å². The van der Waals surface area contributed by atoms with E-state index < -0.39 is 17.0 Å². The van der Waals surface area contributed by atoms with Crippen molar-refractivity contribution in [1.29, 1.82) is 0 Å². The van der Waals surface area contributed by atoms with E-state index in [-0.39, 0.29) is 6.04 Å². The van der Waals surface area contributed by atoms with Gasteiger partial charge >= 0.3 is 5.97 Å². The number of carboxylic acid groups (broad SMARTS) is 1. The number of hydrogen-bond donors (Lipinski definition) is 2. The van der Waals surface area contributed by atoms with Crippen LogP contribution in [0.15, 0.2) is 0 Å². The van der Waals surface area contributed by atoms with Crippen molar-refractivity contribution < 1.29 is 15.0 Å². The van der Waals surface area contributed by atoms with E-state index in [1.54, 1.807) is 13.8 Å². The first-order valence-corrected chi connectivity index (χ1v) is 5.59. The molecule has 4 nitrogen and oxygen atoms in total. The van der Waals surface area contributed by atoms with E-state index in [2.05, 4.69) is 4.90 Å². The minimum Gasteiger partial charge on any atom is -0.481 e. The topological polar surface area (TPSA) is 60.8 Å². The van der Waals surface area contributed by atoms with Gasteiger partial charge in [-0.25, -0.2) is 0 Å². The number of aliphatic hydroxyl groups is 1. The van der Waals surface area contributed by atoms with Crippen molar-refractivity contribution >= 4 is 5.97 Å². The molecule has 0 aliphatic carbocycles. The molecule has 0 aromatic rings. The van der Waals surface area contributed by atoms with Gasteiger partial charge in [0.25, 0.3) is 0 Å². The summed E-state index contributed by atoms with van der Waals surface area (Å²) in [5, 5.41) is 19.8. The van der Waals surface area contributed by atoms with Gasteiger partial charge in [0, 0.05) is 12.6 Å². The Hall–Kier alpha value is -0.610. The molecule has 2 aliphatic heterocycles. The van der Waals surface area contributed by atoms with Gasteiger partial charge in [0.05, 0.1) is 11.0 Å². The molecule has 2 aliphatic rings. The van der Waals surface area contributed by atoms with Crippen LogP contribution in [0.5, 0.6) is 0 Å². The van der Waals surface area contributed by atoms with Crippen LogP contribution < -0.4 is 0 Å². The fourth-order valence-corrected chi connectivity index (χ4v) is 3.03. The number of carbonyl (C=O) groups is 1. The van der Waals surface area contributed by atoms with Crippen LogP contribution in [0.25, 0.3) is 0 Å². The zero-order valence-electron chi connectivity index (χ0n) is 9.36. The van der Waals surface area contributed by atoms with Crippen molar-refractivity contribution in [3.63, 3.8) is 0 Å². The Bertz CT molecular complexity index is 290. The molecule has 2 unspecified atom stereocenters. The lowest BCUT2D eigenvalue weighted by molar-refractivity contribution is -0.167. The molecule has 0 radical (unpaired) electrons. The second-order valence-corrected chi connectivity index (χ2v) is 5.30. The molecule has 2 rings (SSSR count). The Morgan fingerprint density at radius 3 is 2.73 bits per heavy atom. The summed E-state index contributed by atoms with van der Waals surface area (Å²) < 4.78 is 0. The lowest BCUT2D eigenvalue weighted by Gasteiger charge is -2.40. The highest BCUT2D eigenvalue weighted by atomic mass is 16.4. The molecule has 0 amide bonds. The van der Waals surface area contributed by atoms with Crippen molar-refractivity contribution in [3.8, 4) is 0 Å². The minimum atomic E-state index is -1.06. The SMILES string of the molecule is CC(C)(C(=O)O)C1(O)CCN2CCCC21. The Kier molecular flexibility index (Phi) is 2.32. The van der Waals surface area contributed by atoms with E-state index in [9.17, 15) is 15.0 Å². The average molecular weight is 213 g/mol. The van der Waals surface area contributed by atoms with Gasteiger partial charge in [-0.1, -0.05) is 0 Å². The van der Waals surface area contributed by atoms with Gasteiger partial charge in [0.2, 0.25) is 0 Å². The molecule has 0 bridgehead atoms. The molecular weight excluding hydrogens is 194 g/mol. The van der Waals surface area contributed by atoms with Gasteiger partial charge in [-0.3, -0.25) is 9.69 Å². The third kappa shape index (κ3) is 1.31. The van der Waals surface area contributed by atoms with Gasteiger partial charge in [0.15, 0.2) is 0 Å². The highest BCUT2D eigenvalue weighted by Gasteiger charge is 2.59. The van der Waals surface area contributed by atoms with Crippen LogP contribution in [0.1, 0.15) is 33.1 Å². The van der Waals surface area contributed by atoms with Crippen LogP contribution in [-0.4, -0.2) is 45.8 Å². The molecule has 0 aromatic heterocycles. The van der Waals surface area contributed by atoms with Crippen LogP contribution in [-0.2, 0) is 4.79 Å². The molecule has 86 valence electrons. The molecule has 15 heavy (non-hydrogen) atoms. The molecule has 0 aromatic carbocycles. The second kappa shape index (κ2) is 3.19. The van der Waals surface area contributed by atoms with Crippen molar-refractivity contribution in [2.75, 3.05) is 13.1 Å². The van der Waals surface area contributed by atoms with E-state index in [1.165, 1.54) is 0 Å². The molecule has 2 atom stereocenters. The predicted molar refractivity (Wildman–Crippen MR) is 55.6 cm³/mol. The summed E-state index contributed by atoms with van der Waals surface area (Å²) in [6.45, 7) is 5.11. The fraction of sp³-hybridized carbons (Fsp3) is 0.909. The van der Waals surface area contributed by atoms with Crippen molar-refractivity contribution in [1.82, 2.24) is 4.90 Å². The minimum absolute atomic E-state index is 0.0450. The van der Waals surface area contributed by atoms with Crippen molar-refractivity contribution in [2.24, 2.45) is 5.41 Å². The van der Waals surface area contributed by atoms with Crippen LogP contribution >= 0.6 is 0 Å². The van der Waals surface area contributed by atoms with E-state index in [1.807, 2.05) is 0 Å². The average Bonchev–Trinajstić information content (AvgIpc) is 2.70. The summed E-state index contributed by atoms with van der Waals surface area (Å²) >= 11 is 0. The first-order valence-electron chi connectivity index (χ1n) is 5.59. The summed E-state index contributed by atoms with van der Waals surface area (Å²) in [4.78, 5) is 13.5. The Balaban J connectivity index is 2.30. The largest absolute Gasteiger partial charge is 0.481 e. The van der Waals surface area contributed by atoms with Crippen molar-refractivity contribution in [3.05, 3.63) is 0 Å². The quantitative estimate of drug-likeness (QED) is 0.708. The number of nitrogens with zero attached hydrogens (tertiary/aromatic N) is 1. The zero-order chi connectivity index (χ0) is 11.3. The molecule has 0 saturated carbocycles. The molecule has 2 heterocycles. The zero-order valence-corrected chi connectivity index (χ0v) is 9.36. The van der Waals surface area contributed by atoms with Crippen LogP contribution in [0.4, 0.5) is 0 Å². The summed E-state index contributed by atoms with van der Waals surface area (Å²) in [6.07, 6.45) is 2.58. The first kappa shape index (κ1) is 10.9. The molecular formula is C11H19NO3. The van der Waals surface area contributed by atoms with E-state index in [0.717, 1.165) is 25.9 Å². The van der Waals surface area contributed by atoms with Gasteiger partial charge < -0.3 is 10.2 Å². The molecule has 2 fully saturated rings. The van der Waals surface area contributed by atoms with Crippen LogP contribution in [0.2, 0.25) is 0 Å². The first-order chi connectivity index (χ1) is 6.89. The maximum Gasteiger partial charge on any atom is 0.312 e. The number of hydrogen-bond acceptors (Lipinski definition) is 3. The summed E-state index contributed by atoms with van der Waals surface area (Å²) in [5.41, 5.74) is -2.12. The predicted octanol–water partition coefficient (Wildman–Crippen LogP) is 0.696. The lowest BCUT2D eigenvalue weighted by atomic mass is 9.70. The summed E-state index contributed by atoms with van der Waals surface area (Å²) in [7, 11) is 0. The normalized spacial score (nSPS) is 36.9. The van der Waals surface area contributed by atoms with E-state index in [4.69, 9.17) is 0 Å². The van der Waals surface area contributed by atoms with Gasteiger partial charge in [0.1, 0.15) is 0 Å². The fourth-order valence-electron chi connectivity index (χ4n) is 3.03. The van der Waals surface area contributed by atoms with E-state index in [0.29, 0.717) is 6.42 Å².